The molecule has 0 saturated carbocycles. The van der Waals surface area contributed by atoms with Crippen LogP contribution in [0.25, 0.3) is 0 Å². The van der Waals surface area contributed by atoms with Crippen LogP contribution in [0.3, 0.4) is 0 Å². The van der Waals surface area contributed by atoms with Gasteiger partial charge in [0.15, 0.2) is 0 Å². The summed E-state index contributed by atoms with van der Waals surface area (Å²) in [6, 6.07) is 14.3. The Balaban J connectivity index is 1.58. The first kappa shape index (κ1) is 16.9. The lowest BCUT2D eigenvalue weighted by atomic mass is 10.1. The molecule has 0 atom stereocenters. The summed E-state index contributed by atoms with van der Waals surface area (Å²) in [4.78, 5) is 11.9. The van der Waals surface area contributed by atoms with Crippen LogP contribution >= 0.6 is 0 Å². The second-order valence-electron chi connectivity index (χ2n) is 7.62. The standard InChI is InChI=1S/C21H26N4O/c1-21(2)15-26-20(24-21)16-9-4-5-10-17(16)22-18-11-8-12-19(23-18)25-13-6-3-7-14-25/h4-5,8-12H,3,6-7,13-15H2,1-2H3,(H,22,23). The zero-order chi connectivity index (χ0) is 18.0. The lowest BCUT2D eigenvalue weighted by Crippen LogP contribution is -2.30. The summed E-state index contributed by atoms with van der Waals surface area (Å²) in [5.74, 6) is 2.59. The minimum Gasteiger partial charge on any atom is -0.475 e. The first-order chi connectivity index (χ1) is 12.6. The van der Waals surface area contributed by atoms with E-state index in [1.54, 1.807) is 0 Å². The monoisotopic (exact) mass is 350 g/mol. The van der Waals surface area contributed by atoms with Gasteiger partial charge in [0.25, 0.3) is 0 Å². The number of aromatic nitrogens is 1. The van der Waals surface area contributed by atoms with Gasteiger partial charge in [-0.2, -0.15) is 0 Å². The van der Waals surface area contributed by atoms with Gasteiger partial charge < -0.3 is 15.0 Å². The molecule has 1 N–H and O–H groups in total. The molecule has 1 fully saturated rings. The number of anilines is 3. The third kappa shape index (κ3) is 3.66. The molecule has 26 heavy (non-hydrogen) atoms. The van der Waals surface area contributed by atoms with Crippen LogP contribution in [0, 0.1) is 0 Å². The molecule has 1 aromatic carbocycles. The quantitative estimate of drug-likeness (QED) is 0.889. The Bertz CT molecular complexity index is 809. The second-order valence-corrected chi connectivity index (χ2v) is 7.62. The number of hydrogen-bond acceptors (Lipinski definition) is 5. The average Bonchev–Trinajstić information content (AvgIpc) is 3.03. The maximum Gasteiger partial charge on any atom is 0.218 e. The van der Waals surface area contributed by atoms with E-state index in [-0.39, 0.29) is 5.54 Å². The molecular weight excluding hydrogens is 324 g/mol. The summed E-state index contributed by atoms with van der Waals surface area (Å²) in [5.41, 5.74) is 1.77. The molecule has 0 unspecified atom stereocenters. The molecule has 0 spiro atoms. The predicted octanol–water partition coefficient (Wildman–Crippen LogP) is 4.37. The van der Waals surface area contributed by atoms with Crippen molar-refractivity contribution < 1.29 is 4.74 Å². The topological polar surface area (TPSA) is 49.8 Å². The van der Waals surface area contributed by atoms with Gasteiger partial charge in [0, 0.05) is 13.1 Å². The highest BCUT2D eigenvalue weighted by molar-refractivity contribution is 6.01. The molecule has 0 bridgehead atoms. The van der Waals surface area contributed by atoms with E-state index >= 15 is 0 Å². The Labute approximate surface area is 155 Å². The van der Waals surface area contributed by atoms with Crippen molar-refractivity contribution in [3.8, 4) is 0 Å². The summed E-state index contributed by atoms with van der Waals surface area (Å²) in [6.45, 7) is 6.96. The van der Waals surface area contributed by atoms with Crippen LogP contribution in [-0.4, -0.2) is 36.1 Å². The number of benzene rings is 1. The van der Waals surface area contributed by atoms with Crippen molar-refractivity contribution in [2.45, 2.75) is 38.6 Å². The van der Waals surface area contributed by atoms with Crippen molar-refractivity contribution in [3.63, 3.8) is 0 Å². The number of pyridine rings is 1. The molecule has 0 radical (unpaired) electrons. The fourth-order valence-corrected chi connectivity index (χ4v) is 3.43. The summed E-state index contributed by atoms with van der Waals surface area (Å²) >= 11 is 0. The molecular formula is C21H26N4O. The van der Waals surface area contributed by atoms with Crippen molar-refractivity contribution in [2.24, 2.45) is 4.99 Å². The maximum atomic E-state index is 5.83. The average molecular weight is 350 g/mol. The van der Waals surface area contributed by atoms with Crippen LogP contribution in [-0.2, 0) is 4.74 Å². The van der Waals surface area contributed by atoms with Gasteiger partial charge in [0.2, 0.25) is 5.90 Å². The molecule has 3 heterocycles. The van der Waals surface area contributed by atoms with Crippen LogP contribution in [0.4, 0.5) is 17.3 Å². The van der Waals surface area contributed by atoms with Gasteiger partial charge in [-0.3, -0.25) is 0 Å². The predicted molar refractivity (Wildman–Crippen MR) is 107 cm³/mol. The fraction of sp³-hybridized carbons (Fsp3) is 0.429. The molecule has 2 aromatic rings. The highest BCUT2D eigenvalue weighted by atomic mass is 16.5. The molecule has 136 valence electrons. The van der Waals surface area contributed by atoms with Gasteiger partial charge in [-0.25, -0.2) is 9.98 Å². The van der Waals surface area contributed by atoms with Gasteiger partial charge in [0.05, 0.1) is 16.8 Å². The fourth-order valence-electron chi connectivity index (χ4n) is 3.43. The first-order valence-corrected chi connectivity index (χ1v) is 9.42. The Hall–Kier alpha value is -2.56. The van der Waals surface area contributed by atoms with E-state index in [1.807, 2.05) is 30.3 Å². The van der Waals surface area contributed by atoms with Gasteiger partial charge in [-0.05, 0) is 57.4 Å². The van der Waals surface area contributed by atoms with E-state index in [4.69, 9.17) is 14.7 Å². The van der Waals surface area contributed by atoms with Gasteiger partial charge in [-0.15, -0.1) is 0 Å². The van der Waals surface area contributed by atoms with E-state index in [1.165, 1.54) is 19.3 Å². The minimum atomic E-state index is -0.172. The number of nitrogens with zero attached hydrogens (tertiary/aromatic N) is 3. The molecule has 2 aliphatic rings. The number of nitrogens with one attached hydrogen (secondary N) is 1. The Kier molecular flexibility index (Phi) is 4.53. The Morgan fingerprint density at radius 2 is 1.81 bits per heavy atom. The van der Waals surface area contributed by atoms with Crippen molar-refractivity contribution in [3.05, 3.63) is 48.0 Å². The van der Waals surface area contributed by atoms with E-state index in [0.29, 0.717) is 12.5 Å². The SMILES string of the molecule is CC1(C)COC(c2ccccc2Nc2cccc(N3CCCCC3)n2)=N1. The molecule has 0 amide bonds. The van der Waals surface area contributed by atoms with Crippen molar-refractivity contribution in [2.75, 3.05) is 29.9 Å². The Morgan fingerprint density at radius 1 is 1.00 bits per heavy atom. The Morgan fingerprint density at radius 3 is 2.58 bits per heavy atom. The molecule has 4 rings (SSSR count). The van der Waals surface area contributed by atoms with Crippen molar-refractivity contribution >= 4 is 23.2 Å². The lowest BCUT2D eigenvalue weighted by Gasteiger charge is -2.28. The zero-order valence-electron chi connectivity index (χ0n) is 15.5. The van der Waals surface area contributed by atoms with E-state index in [2.05, 4.69) is 36.2 Å². The number of hydrogen-bond donors (Lipinski definition) is 1. The number of ether oxygens (including phenoxy) is 1. The second kappa shape index (κ2) is 6.98. The lowest BCUT2D eigenvalue weighted by molar-refractivity contribution is 0.279. The third-order valence-electron chi connectivity index (χ3n) is 4.80. The number of para-hydroxylation sites is 1. The summed E-state index contributed by atoms with van der Waals surface area (Å²) in [7, 11) is 0. The third-order valence-corrected chi connectivity index (χ3v) is 4.80. The molecule has 1 saturated heterocycles. The van der Waals surface area contributed by atoms with E-state index in [9.17, 15) is 0 Å². The molecule has 2 aliphatic heterocycles. The van der Waals surface area contributed by atoms with Crippen LogP contribution in [0.2, 0.25) is 0 Å². The van der Waals surface area contributed by atoms with Gasteiger partial charge >= 0.3 is 0 Å². The number of aliphatic imine (C=N–C) groups is 1. The highest BCUT2D eigenvalue weighted by Gasteiger charge is 2.28. The smallest absolute Gasteiger partial charge is 0.218 e. The first-order valence-electron chi connectivity index (χ1n) is 9.42. The summed E-state index contributed by atoms with van der Waals surface area (Å²) in [6.07, 6.45) is 3.81. The van der Waals surface area contributed by atoms with Crippen LogP contribution in [0.1, 0.15) is 38.7 Å². The minimum absolute atomic E-state index is 0.172. The molecule has 5 nitrogen and oxygen atoms in total. The number of rotatable bonds is 4. The van der Waals surface area contributed by atoms with Crippen molar-refractivity contribution in [1.82, 2.24) is 4.98 Å². The van der Waals surface area contributed by atoms with Gasteiger partial charge in [0.1, 0.15) is 18.2 Å². The van der Waals surface area contributed by atoms with Crippen molar-refractivity contribution in [1.29, 1.82) is 0 Å². The van der Waals surface area contributed by atoms with Crippen LogP contribution < -0.4 is 10.2 Å². The van der Waals surface area contributed by atoms with Gasteiger partial charge in [-0.1, -0.05) is 18.2 Å². The van der Waals surface area contributed by atoms with Crippen LogP contribution in [0.5, 0.6) is 0 Å². The molecule has 5 heteroatoms. The summed E-state index contributed by atoms with van der Waals surface area (Å²) in [5, 5.41) is 3.46. The molecule has 0 aliphatic carbocycles. The zero-order valence-corrected chi connectivity index (χ0v) is 15.5. The normalized spacial score (nSPS) is 19.0. The molecule has 1 aromatic heterocycles. The number of piperidine rings is 1. The largest absolute Gasteiger partial charge is 0.475 e. The van der Waals surface area contributed by atoms with E-state index < -0.39 is 0 Å². The summed E-state index contributed by atoms with van der Waals surface area (Å²) < 4.78 is 5.83. The highest BCUT2D eigenvalue weighted by Crippen LogP contribution is 2.27. The van der Waals surface area contributed by atoms with Crippen LogP contribution in [0.15, 0.2) is 47.5 Å². The van der Waals surface area contributed by atoms with E-state index in [0.717, 1.165) is 36.0 Å². The maximum absolute atomic E-state index is 5.83.